The highest BCUT2D eigenvalue weighted by atomic mass is 16.5. The molecule has 0 aliphatic carbocycles. The third-order valence-electron chi connectivity index (χ3n) is 3.17. The van der Waals surface area contributed by atoms with Gasteiger partial charge in [-0.1, -0.05) is 19.1 Å². The van der Waals surface area contributed by atoms with Crippen LogP contribution in [0.1, 0.15) is 30.5 Å². The molecule has 0 saturated carbocycles. The van der Waals surface area contributed by atoms with Crippen LogP contribution < -0.4 is 10.5 Å². The van der Waals surface area contributed by atoms with Gasteiger partial charge < -0.3 is 15.6 Å². The first-order chi connectivity index (χ1) is 8.08. The lowest BCUT2D eigenvalue weighted by atomic mass is 9.95. The van der Waals surface area contributed by atoms with Crippen molar-refractivity contribution < 1.29 is 14.6 Å². The quantitative estimate of drug-likeness (QED) is 0.833. The highest BCUT2D eigenvalue weighted by Gasteiger charge is 2.19. The van der Waals surface area contributed by atoms with E-state index >= 15 is 0 Å². The average molecular weight is 235 g/mol. The fourth-order valence-corrected chi connectivity index (χ4v) is 2.05. The Labute approximate surface area is 100 Å². The zero-order valence-electron chi connectivity index (χ0n) is 9.85. The van der Waals surface area contributed by atoms with Crippen molar-refractivity contribution in [2.24, 2.45) is 11.7 Å². The van der Waals surface area contributed by atoms with Gasteiger partial charge in [0, 0.05) is 12.5 Å². The van der Waals surface area contributed by atoms with Gasteiger partial charge in [-0.2, -0.15) is 0 Å². The van der Waals surface area contributed by atoms with E-state index in [-0.39, 0.29) is 6.04 Å². The Morgan fingerprint density at radius 1 is 1.59 bits per heavy atom. The first-order valence-corrected chi connectivity index (χ1v) is 5.82. The highest BCUT2D eigenvalue weighted by molar-refractivity contribution is 5.69. The maximum Gasteiger partial charge on any atom is 0.306 e. The standard InChI is InChI=1S/C13H17NO3/c1-8(13(15)16)6-11(14)9-2-3-12-10(7-9)4-5-17-12/h2-3,7-8,11H,4-6,14H2,1H3,(H,15,16). The molecule has 2 rings (SSSR count). The second-order valence-corrected chi connectivity index (χ2v) is 4.55. The number of nitrogens with two attached hydrogens (primary N) is 1. The molecule has 1 aliphatic heterocycles. The molecule has 1 aromatic rings. The summed E-state index contributed by atoms with van der Waals surface area (Å²) in [5.74, 6) is -0.299. The predicted octanol–water partition coefficient (Wildman–Crippen LogP) is 1.73. The van der Waals surface area contributed by atoms with Gasteiger partial charge in [-0.3, -0.25) is 4.79 Å². The van der Waals surface area contributed by atoms with Gasteiger partial charge in [0.1, 0.15) is 5.75 Å². The largest absolute Gasteiger partial charge is 0.493 e. The summed E-state index contributed by atoms with van der Waals surface area (Å²) >= 11 is 0. The molecule has 4 nitrogen and oxygen atoms in total. The number of benzene rings is 1. The summed E-state index contributed by atoms with van der Waals surface area (Å²) in [7, 11) is 0. The third kappa shape index (κ3) is 2.58. The molecule has 0 radical (unpaired) electrons. The first kappa shape index (κ1) is 11.9. The minimum atomic E-state index is -0.801. The maximum atomic E-state index is 10.8. The van der Waals surface area contributed by atoms with Gasteiger partial charge in [-0.15, -0.1) is 0 Å². The van der Waals surface area contributed by atoms with Gasteiger partial charge in [0.15, 0.2) is 0 Å². The van der Waals surface area contributed by atoms with E-state index in [0.29, 0.717) is 6.42 Å². The number of ether oxygens (including phenoxy) is 1. The summed E-state index contributed by atoms with van der Waals surface area (Å²) < 4.78 is 5.42. The number of aliphatic carboxylic acids is 1. The summed E-state index contributed by atoms with van der Waals surface area (Å²) in [6, 6.07) is 5.64. The van der Waals surface area contributed by atoms with Gasteiger partial charge in [0.2, 0.25) is 0 Å². The normalized spacial score (nSPS) is 17.1. The van der Waals surface area contributed by atoms with E-state index < -0.39 is 11.9 Å². The molecular formula is C13H17NO3. The predicted molar refractivity (Wildman–Crippen MR) is 64.0 cm³/mol. The van der Waals surface area contributed by atoms with Crippen molar-refractivity contribution in [2.75, 3.05) is 6.61 Å². The zero-order chi connectivity index (χ0) is 12.4. The number of hydrogen-bond acceptors (Lipinski definition) is 3. The third-order valence-corrected chi connectivity index (χ3v) is 3.17. The molecule has 1 aliphatic rings. The van der Waals surface area contributed by atoms with Crippen molar-refractivity contribution in [2.45, 2.75) is 25.8 Å². The van der Waals surface area contributed by atoms with E-state index in [1.54, 1.807) is 6.92 Å². The second-order valence-electron chi connectivity index (χ2n) is 4.55. The molecule has 1 aromatic carbocycles. The summed E-state index contributed by atoms with van der Waals surface area (Å²) in [5, 5.41) is 8.86. The van der Waals surface area contributed by atoms with E-state index in [4.69, 9.17) is 15.6 Å². The number of fused-ring (bicyclic) bond motifs is 1. The Balaban J connectivity index is 2.09. The van der Waals surface area contributed by atoms with Crippen LogP contribution in [-0.2, 0) is 11.2 Å². The molecule has 0 aromatic heterocycles. The molecule has 92 valence electrons. The fourth-order valence-electron chi connectivity index (χ4n) is 2.05. The molecule has 4 heteroatoms. The summed E-state index contributed by atoms with van der Waals surface area (Å²) in [6.45, 7) is 2.40. The Bertz CT molecular complexity index is 431. The van der Waals surface area contributed by atoms with Crippen LogP contribution in [0.25, 0.3) is 0 Å². The van der Waals surface area contributed by atoms with Crippen molar-refractivity contribution in [1.82, 2.24) is 0 Å². The van der Waals surface area contributed by atoms with E-state index in [2.05, 4.69) is 0 Å². The molecule has 0 saturated heterocycles. The Morgan fingerprint density at radius 2 is 2.35 bits per heavy atom. The molecule has 2 atom stereocenters. The van der Waals surface area contributed by atoms with Crippen molar-refractivity contribution in [1.29, 1.82) is 0 Å². The van der Waals surface area contributed by atoms with Crippen molar-refractivity contribution in [3.05, 3.63) is 29.3 Å². The zero-order valence-corrected chi connectivity index (χ0v) is 9.85. The van der Waals surface area contributed by atoms with Gasteiger partial charge in [-0.25, -0.2) is 0 Å². The van der Waals surface area contributed by atoms with E-state index in [0.717, 1.165) is 24.3 Å². The smallest absolute Gasteiger partial charge is 0.306 e. The van der Waals surface area contributed by atoms with Gasteiger partial charge in [-0.05, 0) is 23.6 Å². The van der Waals surface area contributed by atoms with Crippen LogP contribution in [0.2, 0.25) is 0 Å². The van der Waals surface area contributed by atoms with Crippen LogP contribution in [0.3, 0.4) is 0 Å². The molecule has 3 N–H and O–H groups in total. The molecule has 0 spiro atoms. The van der Waals surface area contributed by atoms with Gasteiger partial charge in [0.25, 0.3) is 0 Å². The molecule has 0 amide bonds. The molecule has 2 unspecified atom stereocenters. The fraction of sp³-hybridized carbons (Fsp3) is 0.462. The molecular weight excluding hydrogens is 218 g/mol. The molecule has 1 heterocycles. The Morgan fingerprint density at radius 3 is 3.06 bits per heavy atom. The molecule has 17 heavy (non-hydrogen) atoms. The van der Waals surface area contributed by atoms with Crippen LogP contribution in [-0.4, -0.2) is 17.7 Å². The highest BCUT2D eigenvalue weighted by Crippen LogP contribution is 2.29. The lowest BCUT2D eigenvalue weighted by Crippen LogP contribution is -2.19. The SMILES string of the molecule is CC(CC(N)c1ccc2c(c1)CCO2)C(=O)O. The molecule has 0 bridgehead atoms. The van der Waals surface area contributed by atoms with E-state index in [1.165, 1.54) is 5.56 Å². The van der Waals surface area contributed by atoms with Crippen LogP contribution in [0, 0.1) is 5.92 Å². The lowest BCUT2D eigenvalue weighted by molar-refractivity contribution is -0.141. The monoisotopic (exact) mass is 235 g/mol. The van der Waals surface area contributed by atoms with Gasteiger partial charge >= 0.3 is 5.97 Å². The summed E-state index contributed by atoms with van der Waals surface area (Å²) in [6.07, 6.45) is 1.36. The minimum Gasteiger partial charge on any atom is -0.493 e. The lowest BCUT2D eigenvalue weighted by Gasteiger charge is -2.15. The number of carboxylic acids is 1. The topological polar surface area (TPSA) is 72.5 Å². The first-order valence-electron chi connectivity index (χ1n) is 5.82. The van der Waals surface area contributed by atoms with Crippen LogP contribution >= 0.6 is 0 Å². The van der Waals surface area contributed by atoms with Crippen molar-refractivity contribution in [3.8, 4) is 5.75 Å². The van der Waals surface area contributed by atoms with Crippen LogP contribution in [0.4, 0.5) is 0 Å². The summed E-state index contributed by atoms with van der Waals surface area (Å²) in [4.78, 5) is 10.8. The van der Waals surface area contributed by atoms with Crippen molar-refractivity contribution in [3.63, 3.8) is 0 Å². The maximum absolute atomic E-state index is 10.8. The number of hydrogen-bond donors (Lipinski definition) is 2. The Kier molecular flexibility index (Phi) is 3.33. The van der Waals surface area contributed by atoms with Crippen LogP contribution in [0.5, 0.6) is 5.75 Å². The number of carbonyl (C=O) groups is 1. The number of rotatable bonds is 4. The second kappa shape index (κ2) is 4.75. The van der Waals surface area contributed by atoms with Crippen LogP contribution in [0.15, 0.2) is 18.2 Å². The minimum absolute atomic E-state index is 0.230. The van der Waals surface area contributed by atoms with Crippen molar-refractivity contribution >= 4 is 5.97 Å². The molecule has 0 fully saturated rings. The number of carboxylic acid groups (broad SMARTS) is 1. The van der Waals surface area contributed by atoms with E-state index in [9.17, 15) is 4.79 Å². The average Bonchev–Trinajstić information content (AvgIpc) is 2.75. The van der Waals surface area contributed by atoms with Gasteiger partial charge in [0.05, 0.1) is 12.5 Å². The Hall–Kier alpha value is -1.55. The van der Waals surface area contributed by atoms with E-state index in [1.807, 2.05) is 18.2 Å². The summed E-state index contributed by atoms with van der Waals surface area (Å²) in [5.41, 5.74) is 8.18.